The lowest BCUT2D eigenvalue weighted by atomic mass is 9.71. The minimum atomic E-state index is -0.421. The van der Waals surface area contributed by atoms with E-state index in [4.69, 9.17) is 10.3 Å². The highest BCUT2D eigenvalue weighted by atomic mass is 35.5. The summed E-state index contributed by atoms with van der Waals surface area (Å²) in [4.78, 5) is 16.7. The predicted octanol–water partition coefficient (Wildman–Crippen LogP) is 3.77. The van der Waals surface area contributed by atoms with Crippen LogP contribution in [0.5, 0.6) is 0 Å². The first-order valence-electron chi connectivity index (χ1n) is 9.10. The Morgan fingerprint density at radius 3 is 2.78 bits per heavy atom. The number of carbonyl (C=O) groups excluding carboxylic acids is 1. The van der Waals surface area contributed by atoms with E-state index in [9.17, 15) is 9.18 Å². The van der Waals surface area contributed by atoms with Crippen molar-refractivity contribution < 1.29 is 13.7 Å². The van der Waals surface area contributed by atoms with E-state index in [-0.39, 0.29) is 29.5 Å². The van der Waals surface area contributed by atoms with Gasteiger partial charge in [-0.3, -0.25) is 4.79 Å². The Balaban J connectivity index is 0.00000261. The fourth-order valence-electron chi connectivity index (χ4n) is 3.61. The first-order chi connectivity index (χ1) is 12.5. The van der Waals surface area contributed by atoms with E-state index in [1.54, 1.807) is 19.1 Å². The van der Waals surface area contributed by atoms with Gasteiger partial charge in [0.15, 0.2) is 0 Å². The Hall–Kier alpha value is -1.99. The average molecular weight is 397 g/mol. The molecule has 3 N–H and O–H groups in total. The van der Waals surface area contributed by atoms with Gasteiger partial charge in [-0.15, -0.1) is 12.4 Å². The number of carbonyl (C=O) groups is 1. The number of nitrogens with one attached hydrogen (secondary N) is 1. The molecule has 8 heteroatoms. The second kappa shape index (κ2) is 9.28. The van der Waals surface area contributed by atoms with Crippen LogP contribution in [0.3, 0.4) is 0 Å². The molecule has 1 aliphatic rings. The van der Waals surface area contributed by atoms with Crippen molar-refractivity contribution in [2.45, 2.75) is 51.5 Å². The van der Waals surface area contributed by atoms with Gasteiger partial charge in [0, 0.05) is 12.0 Å². The summed E-state index contributed by atoms with van der Waals surface area (Å²) in [5.74, 6) is 0.166. The molecule has 1 aliphatic carbocycles. The van der Waals surface area contributed by atoms with Gasteiger partial charge in [-0.2, -0.15) is 4.98 Å². The van der Waals surface area contributed by atoms with E-state index in [1.807, 2.05) is 0 Å². The molecule has 1 amide bonds. The van der Waals surface area contributed by atoms with E-state index in [0.29, 0.717) is 30.2 Å². The highest BCUT2D eigenvalue weighted by Crippen LogP contribution is 2.38. The molecule has 0 saturated heterocycles. The van der Waals surface area contributed by atoms with Crippen molar-refractivity contribution in [3.05, 3.63) is 36.0 Å². The van der Waals surface area contributed by atoms with Crippen LogP contribution in [0, 0.1) is 11.2 Å². The number of aromatic nitrogens is 2. The fraction of sp³-hybridized carbons (Fsp3) is 0.526. The summed E-state index contributed by atoms with van der Waals surface area (Å²) in [5, 5.41) is 6.79. The number of rotatable bonds is 6. The van der Waals surface area contributed by atoms with Gasteiger partial charge in [-0.25, -0.2) is 4.39 Å². The van der Waals surface area contributed by atoms with Gasteiger partial charge in [-0.1, -0.05) is 36.6 Å². The first-order valence-corrected chi connectivity index (χ1v) is 9.10. The molecule has 148 valence electrons. The van der Waals surface area contributed by atoms with Crippen molar-refractivity contribution in [2.24, 2.45) is 11.1 Å². The lowest BCUT2D eigenvalue weighted by Crippen LogP contribution is -2.39. The first kappa shape index (κ1) is 21.3. The molecule has 1 atom stereocenters. The van der Waals surface area contributed by atoms with Gasteiger partial charge >= 0.3 is 0 Å². The smallest absolute Gasteiger partial charge is 0.249 e. The van der Waals surface area contributed by atoms with E-state index < -0.39 is 6.04 Å². The summed E-state index contributed by atoms with van der Waals surface area (Å²) < 4.78 is 18.6. The molecule has 1 aromatic carbocycles. The molecule has 0 spiro atoms. The third kappa shape index (κ3) is 5.26. The molecule has 6 nitrogen and oxygen atoms in total. The average Bonchev–Trinajstić information content (AvgIpc) is 3.13. The zero-order valence-electron chi connectivity index (χ0n) is 15.4. The lowest BCUT2D eigenvalue weighted by Gasteiger charge is -2.35. The molecule has 2 aromatic rings. The van der Waals surface area contributed by atoms with Crippen molar-refractivity contribution in [3.63, 3.8) is 0 Å². The Morgan fingerprint density at radius 1 is 1.37 bits per heavy atom. The summed E-state index contributed by atoms with van der Waals surface area (Å²) in [6.07, 6.45) is 5.87. The van der Waals surface area contributed by atoms with Gasteiger partial charge in [0.05, 0.1) is 0 Å². The summed E-state index contributed by atoms with van der Waals surface area (Å²) in [6.45, 7) is 2.32. The van der Waals surface area contributed by atoms with Gasteiger partial charge in [-0.05, 0) is 43.9 Å². The summed E-state index contributed by atoms with van der Waals surface area (Å²) in [6, 6.07) is 5.56. The zero-order valence-corrected chi connectivity index (χ0v) is 16.2. The maximum absolute atomic E-state index is 13.3. The Labute approximate surface area is 164 Å². The van der Waals surface area contributed by atoms with Gasteiger partial charge in [0.25, 0.3) is 0 Å². The molecule has 1 saturated carbocycles. The van der Waals surface area contributed by atoms with E-state index in [1.165, 1.54) is 18.6 Å². The van der Waals surface area contributed by atoms with Gasteiger partial charge in [0.1, 0.15) is 11.9 Å². The minimum Gasteiger partial charge on any atom is -0.345 e. The Morgan fingerprint density at radius 2 is 2.11 bits per heavy atom. The van der Waals surface area contributed by atoms with Gasteiger partial charge in [0.2, 0.25) is 17.6 Å². The number of halogens is 2. The molecule has 0 bridgehead atoms. The topological polar surface area (TPSA) is 94.0 Å². The SMILES string of the molecule is CC(NC(=O)CC1(CN)CCCCC1)c1nc(-c2cccc(F)c2)no1.Cl. The number of hydrogen-bond acceptors (Lipinski definition) is 5. The van der Waals surface area contributed by atoms with Crippen LogP contribution >= 0.6 is 12.4 Å². The van der Waals surface area contributed by atoms with Crippen LogP contribution in [-0.4, -0.2) is 22.6 Å². The van der Waals surface area contributed by atoms with Crippen LogP contribution in [0.4, 0.5) is 4.39 Å². The van der Waals surface area contributed by atoms with E-state index in [2.05, 4.69) is 15.5 Å². The predicted molar refractivity (Wildman–Crippen MR) is 103 cm³/mol. The molecule has 3 rings (SSSR count). The molecule has 1 fully saturated rings. The van der Waals surface area contributed by atoms with Crippen LogP contribution in [0.25, 0.3) is 11.4 Å². The maximum Gasteiger partial charge on any atom is 0.249 e. The largest absolute Gasteiger partial charge is 0.345 e. The molecular weight excluding hydrogens is 371 g/mol. The molecule has 1 heterocycles. The number of amides is 1. The van der Waals surface area contributed by atoms with E-state index >= 15 is 0 Å². The third-order valence-corrected chi connectivity index (χ3v) is 5.16. The summed E-state index contributed by atoms with van der Waals surface area (Å²) in [7, 11) is 0. The third-order valence-electron chi connectivity index (χ3n) is 5.16. The second-order valence-corrected chi connectivity index (χ2v) is 7.20. The minimum absolute atomic E-state index is 0. The number of nitrogens with two attached hydrogens (primary N) is 1. The monoisotopic (exact) mass is 396 g/mol. The number of nitrogens with zero attached hydrogens (tertiary/aromatic N) is 2. The maximum atomic E-state index is 13.3. The molecular formula is C19H26ClFN4O2. The highest BCUT2D eigenvalue weighted by molar-refractivity contribution is 5.85. The normalized spacial score (nSPS) is 17.0. The van der Waals surface area contributed by atoms with Crippen LogP contribution in [0.15, 0.2) is 28.8 Å². The zero-order chi connectivity index (χ0) is 18.6. The van der Waals surface area contributed by atoms with E-state index in [0.717, 1.165) is 25.7 Å². The fourth-order valence-corrected chi connectivity index (χ4v) is 3.61. The Kier molecular flexibility index (Phi) is 7.33. The van der Waals surface area contributed by atoms with Crippen LogP contribution in [0.1, 0.15) is 57.4 Å². The highest BCUT2D eigenvalue weighted by Gasteiger charge is 2.33. The van der Waals surface area contributed by atoms with Gasteiger partial charge < -0.3 is 15.6 Å². The van der Waals surface area contributed by atoms with Crippen LogP contribution in [-0.2, 0) is 4.79 Å². The van der Waals surface area contributed by atoms with Crippen molar-refractivity contribution in [1.82, 2.24) is 15.5 Å². The van der Waals surface area contributed by atoms with Crippen molar-refractivity contribution in [3.8, 4) is 11.4 Å². The molecule has 1 unspecified atom stereocenters. The van der Waals surface area contributed by atoms with Crippen molar-refractivity contribution in [2.75, 3.05) is 6.54 Å². The molecule has 0 aliphatic heterocycles. The summed E-state index contributed by atoms with van der Waals surface area (Å²) in [5.41, 5.74) is 6.39. The molecule has 1 aromatic heterocycles. The number of hydrogen-bond donors (Lipinski definition) is 2. The van der Waals surface area contributed by atoms with Crippen molar-refractivity contribution in [1.29, 1.82) is 0 Å². The summed E-state index contributed by atoms with van der Waals surface area (Å²) >= 11 is 0. The number of benzene rings is 1. The quantitative estimate of drug-likeness (QED) is 0.774. The van der Waals surface area contributed by atoms with Crippen molar-refractivity contribution >= 4 is 18.3 Å². The van der Waals surface area contributed by atoms with Crippen LogP contribution in [0.2, 0.25) is 0 Å². The molecule has 27 heavy (non-hydrogen) atoms. The van der Waals surface area contributed by atoms with Crippen LogP contribution < -0.4 is 11.1 Å². The standard InChI is InChI=1S/C19H25FN4O2.ClH/c1-13(22-16(25)11-19(12-21)8-3-2-4-9-19)18-23-17(24-26-18)14-6-5-7-15(20)10-14;/h5-7,10,13H,2-4,8-9,11-12,21H2,1H3,(H,22,25);1H. The molecule has 0 radical (unpaired) electrons. The Bertz CT molecular complexity index is 762. The lowest BCUT2D eigenvalue weighted by molar-refractivity contribution is -0.124. The second-order valence-electron chi connectivity index (χ2n) is 7.20.